The Morgan fingerprint density at radius 2 is 2.03 bits per heavy atom. The molecule has 0 unspecified atom stereocenters. The molecule has 2 atom stereocenters. The smallest absolute Gasteiger partial charge is 0.340 e. The first kappa shape index (κ1) is 22.2. The minimum atomic E-state index is -3.08. The van der Waals surface area contributed by atoms with Crippen LogP contribution < -0.4 is 4.90 Å². The second-order valence-corrected chi connectivity index (χ2v) is 8.89. The van der Waals surface area contributed by atoms with Crippen molar-refractivity contribution in [2.75, 3.05) is 4.90 Å². The van der Waals surface area contributed by atoms with Gasteiger partial charge in [-0.3, -0.25) is 9.78 Å². The van der Waals surface area contributed by atoms with E-state index in [1.54, 1.807) is 6.33 Å². The summed E-state index contributed by atoms with van der Waals surface area (Å²) in [5.41, 5.74) is 5.34. The number of carbonyl (C=O) groups excluding carboxylic acids is 1. The number of hydrogen-bond acceptors (Lipinski definition) is 4. The zero-order chi connectivity index (χ0) is 24.0. The van der Waals surface area contributed by atoms with Crippen LogP contribution >= 0.6 is 0 Å². The topological polar surface area (TPSA) is 79.7 Å². The molecular weight excluding hydrogens is 438 g/mol. The van der Waals surface area contributed by atoms with Crippen molar-refractivity contribution in [3.8, 4) is 11.3 Å². The molecule has 1 aromatic carbocycles. The summed E-state index contributed by atoms with van der Waals surface area (Å²) >= 11 is 0. The van der Waals surface area contributed by atoms with Crippen molar-refractivity contribution in [1.82, 2.24) is 24.7 Å². The minimum Gasteiger partial charge on any atom is -0.345 e. The van der Waals surface area contributed by atoms with E-state index in [1.165, 1.54) is 12.4 Å². The molecule has 0 aliphatic carbocycles. The Labute approximate surface area is 195 Å². The second kappa shape index (κ2) is 8.30. The number of imidazole rings is 1. The number of H-pyrrole nitrogens is 1. The van der Waals surface area contributed by atoms with Crippen molar-refractivity contribution in [3.63, 3.8) is 0 Å². The van der Waals surface area contributed by atoms with Crippen LogP contribution in [-0.2, 0) is 10.8 Å². The van der Waals surface area contributed by atoms with E-state index in [0.29, 0.717) is 15.9 Å². The second-order valence-electron chi connectivity index (χ2n) is 8.89. The molecule has 0 bridgehead atoms. The van der Waals surface area contributed by atoms with Crippen LogP contribution in [0.2, 0.25) is 0 Å². The van der Waals surface area contributed by atoms with Gasteiger partial charge in [0.15, 0.2) is 0 Å². The molecule has 0 saturated carbocycles. The van der Waals surface area contributed by atoms with E-state index in [-0.39, 0.29) is 17.9 Å². The average Bonchev–Trinajstić information content (AvgIpc) is 3.47. The van der Waals surface area contributed by atoms with E-state index >= 15 is 0 Å². The first-order chi connectivity index (χ1) is 16.3. The number of rotatable bonds is 7. The summed E-state index contributed by atoms with van der Waals surface area (Å²) < 4.78 is 27.8. The molecule has 176 valence electrons. The monoisotopic (exact) mass is 464 g/mol. The molecule has 1 fully saturated rings. The normalized spacial score (nSPS) is 18.5. The van der Waals surface area contributed by atoms with Gasteiger partial charge < -0.3 is 9.88 Å². The molecule has 1 amide bonds. The predicted octanol–water partition coefficient (Wildman–Crippen LogP) is 5.59. The fourth-order valence-corrected chi connectivity index (χ4v) is 4.69. The number of fused-ring (bicyclic) bond motifs is 1. The molecular formula is C25H26F2N6O. The highest BCUT2D eigenvalue weighted by atomic mass is 19.3. The largest absolute Gasteiger partial charge is 0.345 e. The Morgan fingerprint density at radius 1 is 1.21 bits per heavy atom. The molecule has 0 radical (unpaired) electrons. The summed E-state index contributed by atoms with van der Waals surface area (Å²) in [5.74, 6) is -0.0162. The standard InChI is InChI=1S/C25H26F2N6O/c1-4-5-6-19-23(33(24(19)34)17-7-9-21-22(11-17)29-14-28-21)18-8-10-20(31-15(18)2)16-12-30-32(13-16)25(3,26)27/h7-14,19,23H,4-6H2,1-3H3,(H,28,29)/t19-,23+/m1/s1. The summed E-state index contributed by atoms with van der Waals surface area (Å²) in [4.78, 5) is 27.1. The number of pyridine rings is 1. The van der Waals surface area contributed by atoms with Gasteiger partial charge in [-0.2, -0.15) is 13.9 Å². The Kier molecular flexibility index (Phi) is 5.42. The van der Waals surface area contributed by atoms with Crippen LogP contribution in [0.3, 0.4) is 0 Å². The van der Waals surface area contributed by atoms with Gasteiger partial charge in [0, 0.05) is 30.1 Å². The number of amides is 1. The van der Waals surface area contributed by atoms with Crippen LogP contribution in [-0.4, -0.2) is 30.6 Å². The first-order valence-corrected chi connectivity index (χ1v) is 11.4. The summed E-state index contributed by atoms with van der Waals surface area (Å²) in [6, 6.07) is 6.32. The van der Waals surface area contributed by atoms with E-state index < -0.39 is 6.05 Å². The van der Waals surface area contributed by atoms with Crippen LogP contribution in [0.4, 0.5) is 14.5 Å². The fraction of sp³-hybridized carbons (Fsp3) is 0.360. The maximum absolute atomic E-state index is 13.6. The Hall–Kier alpha value is -3.62. The van der Waals surface area contributed by atoms with Crippen molar-refractivity contribution in [1.29, 1.82) is 0 Å². The number of β-lactam (4-membered cyclic amide) rings is 1. The lowest BCUT2D eigenvalue weighted by Gasteiger charge is -2.48. The number of nitrogens with one attached hydrogen (secondary N) is 1. The van der Waals surface area contributed by atoms with Gasteiger partial charge in [0.05, 0.1) is 41.2 Å². The van der Waals surface area contributed by atoms with Crippen molar-refractivity contribution in [2.24, 2.45) is 5.92 Å². The number of halogens is 2. The van der Waals surface area contributed by atoms with Gasteiger partial charge in [-0.05, 0) is 43.2 Å². The molecule has 34 heavy (non-hydrogen) atoms. The van der Waals surface area contributed by atoms with Gasteiger partial charge in [0.1, 0.15) is 0 Å². The highest BCUT2D eigenvalue weighted by Crippen LogP contribution is 2.47. The predicted molar refractivity (Wildman–Crippen MR) is 125 cm³/mol. The van der Waals surface area contributed by atoms with Crippen molar-refractivity contribution in [3.05, 3.63) is 60.3 Å². The molecule has 9 heteroatoms. The minimum absolute atomic E-state index is 0.104. The van der Waals surface area contributed by atoms with Gasteiger partial charge in [-0.1, -0.05) is 25.8 Å². The Bertz CT molecular complexity index is 1350. The first-order valence-electron chi connectivity index (χ1n) is 11.4. The number of aromatic nitrogens is 5. The number of alkyl halides is 2. The molecule has 4 heterocycles. The molecule has 0 spiro atoms. The molecule has 5 rings (SSSR count). The van der Waals surface area contributed by atoms with Crippen molar-refractivity contribution in [2.45, 2.75) is 52.1 Å². The van der Waals surface area contributed by atoms with Crippen LogP contribution in [0.25, 0.3) is 22.3 Å². The summed E-state index contributed by atoms with van der Waals surface area (Å²) in [6.07, 6.45) is 7.11. The number of unbranched alkanes of at least 4 members (excludes halogenated alkanes) is 1. The highest BCUT2D eigenvalue weighted by Gasteiger charge is 2.49. The zero-order valence-electron chi connectivity index (χ0n) is 19.3. The summed E-state index contributed by atoms with van der Waals surface area (Å²) in [7, 11) is 0. The van der Waals surface area contributed by atoms with E-state index in [2.05, 4.69) is 22.0 Å². The lowest BCUT2D eigenvalue weighted by Crippen LogP contribution is -2.55. The quantitative estimate of drug-likeness (QED) is 0.362. The third kappa shape index (κ3) is 3.74. The van der Waals surface area contributed by atoms with E-state index in [4.69, 9.17) is 4.98 Å². The van der Waals surface area contributed by atoms with Gasteiger partial charge in [0.2, 0.25) is 5.91 Å². The van der Waals surface area contributed by atoms with Gasteiger partial charge in [0.25, 0.3) is 0 Å². The molecule has 4 aromatic rings. The summed E-state index contributed by atoms with van der Waals surface area (Å²) in [6.45, 7) is 4.81. The number of aryl methyl sites for hydroxylation is 1. The third-order valence-electron chi connectivity index (χ3n) is 6.49. The molecule has 3 aromatic heterocycles. The van der Waals surface area contributed by atoms with Crippen LogP contribution in [0.1, 0.15) is 50.4 Å². The van der Waals surface area contributed by atoms with Gasteiger partial charge in [-0.15, -0.1) is 0 Å². The Balaban J connectivity index is 1.50. The number of hydrogen-bond donors (Lipinski definition) is 1. The summed E-state index contributed by atoms with van der Waals surface area (Å²) in [5, 5.41) is 3.77. The number of nitrogens with zero attached hydrogens (tertiary/aromatic N) is 5. The third-order valence-corrected chi connectivity index (χ3v) is 6.49. The Morgan fingerprint density at radius 3 is 2.74 bits per heavy atom. The fourth-order valence-electron chi connectivity index (χ4n) is 4.69. The highest BCUT2D eigenvalue weighted by molar-refractivity contribution is 6.04. The molecule has 1 aliphatic rings. The number of benzene rings is 1. The average molecular weight is 465 g/mol. The number of aromatic amines is 1. The van der Waals surface area contributed by atoms with Crippen molar-refractivity contribution < 1.29 is 13.6 Å². The number of carbonyl (C=O) groups is 1. The SMILES string of the molecule is CCCC[C@H]1C(=O)N(c2ccc3nc[nH]c3c2)[C@H]1c1ccc(-c2cnn(C(C)(F)F)c2)nc1C. The van der Waals surface area contributed by atoms with E-state index in [9.17, 15) is 13.6 Å². The van der Waals surface area contributed by atoms with Crippen LogP contribution in [0.15, 0.2) is 49.1 Å². The van der Waals surface area contributed by atoms with Crippen LogP contribution in [0, 0.1) is 12.8 Å². The maximum atomic E-state index is 13.6. The lowest BCUT2D eigenvalue weighted by atomic mass is 9.78. The van der Waals surface area contributed by atoms with E-state index in [1.807, 2.05) is 42.2 Å². The zero-order valence-corrected chi connectivity index (χ0v) is 19.3. The lowest BCUT2D eigenvalue weighted by molar-refractivity contribution is -0.130. The maximum Gasteiger partial charge on any atom is 0.340 e. The number of anilines is 1. The molecule has 1 N–H and O–H groups in total. The molecule has 1 aliphatic heterocycles. The van der Waals surface area contributed by atoms with Gasteiger partial charge in [-0.25, -0.2) is 9.67 Å². The molecule has 1 saturated heterocycles. The molecule has 7 nitrogen and oxygen atoms in total. The van der Waals surface area contributed by atoms with Crippen molar-refractivity contribution >= 4 is 22.6 Å². The van der Waals surface area contributed by atoms with Gasteiger partial charge >= 0.3 is 6.05 Å². The van der Waals surface area contributed by atoms with Crippen LogP contribution in [0.5, 0.6) is 0 Å². The van der Waals surface area contributed by atoms with E-state index in [0.717, 1.165) is 54.2 Å².